The number of rotatable bonds is 10. The number of nitriles is 1. The van der Waals surface area contributed by atoms with E-state index in [1.165, 1.54) is 0 Å². The van der Waals surface area contributed by atoms with E-state index in [4.69, 9.17) is 9.72 Å². The number of aryl methyl sites for hydroxylation is 1. The van der Waals surface area contributed by atoms with Crippen LogP contribution in [0.3, 0.4) is 0 Å². The van der Waals surface area contributed by atoms with Crippen molar-refractivity contribution in [1.82, 2.24) is 20.3 Å². The molecular weight excluding hydrogens is 476 g/mol. The maximum Gasteiger partial charge on any atom is 0.227 e. The summed E-state index contributed by atoms with van der Waals surface area (Å²) in [7, 11) is 1.93. The quantitative estimate of drug-likeness (QED) is 0.204. The van der Waals surface area contributed by atoms with Gasteiger partial charge in [0.2, 0.25) is 5.95 Å². The highest BCUT2D eigenvalue weighted by Crippen LogP contribution is 2.46. The van der Waals surface area contributed by atoms with Crippen LogP contribution >= 0.6 is 23.1 Å². The summed E-state index contributed by atoms with van der Waals surface area (Å²) in [6, 6.07) is 14.0. The molecule has 0 radical (unpaired) electrons. The molecule has 0 bridgehead atoms. The number of hydrogen-bond donors (Lipinski definition) is 2. The van der Waals surface area contributed by atoms with Gasteiger partial charge < -0.3 is 15.4 Å². The van der Waals surface area contributed by atoms with Gasteiger partial charge in [-0.15, -0.1) is 23.1 Å². The molecule has 7 nitrogen and oxygen atoms in total. The third-order valence-corrected chi connectivity index (χ3v) is 7.56. The molecule has 9 heteroatoms. The molecule has 0 saturated carbocycles. The summed E-state index contributed by atoms with van der Waals surface area (Å²) in [6.07, 6.45) is 8.24. The molecule has 0 aliphatic rings. The van der Waals surface area contributed by atoms with Crippen molar-refractivity contribution in [2.45, 2.75) is 17.6 Å². The van der Waals surface area contributed by atoms with E-state index < -0.39 is 0 Å². The Balaban J connectivity index is 1.68. The van der Waals surface area contributed by atoms with Gasteiger partial charge in [0.1, 0.15) is 11.8 Å². The average Bonchev–Trinajstić information content (AvgIpc) is 3.27. The maximum atomic E-state index is 9.95. The van der Waals surface area contributed by atoms with Gasteiger partial charge >= 0.3 is 0 Å². The van der Waals surface area contributed by atoms with Gasteiger partial charge in [0.15, 0.2) is 0 Å². The Kier molecular flexibility index (Phi) is 8.32. The lowest BCUT2D eigenvalue weighted by Gasteiger charge is -2.11. The van der Waals surface area contributed by atoms with Crippen molar-refractivity contribution in [3.8, 4) is 33.5 Å². The molecular formula is C26H26N6OS2. The third-order valence-electron chi connectivity index (χ3n) is 5.24. The molecule has 35 heavy (non-hydrogen) atoms. The minimum atomic E-state index is 0.479. The predicted molar refractivity (Wildman–Crippen MR) is 144 cm³/mol. The molecule has 0 aliphatic heterocycles. The number of hydrogen-bond acceptors (Lipinski definition) is 9. The van der Waals surface area contributed by atoms with Crippen molar-refractivity contribution < 1.29 is 4.74 Å². The molecule has 0 fully saturated rings. The van der Waals surface area contributed by atoms with Crippen molar-refractivity contribution in [2.24, 2.45) is 0 Å². The molecule has 2 N–H and O–H groups in total. The number of ether oxygens (including phenoxy) is 1. The molecule has 0 atom stereocenters. The van der Waals surface area contributed by atoms with Crippen molar-refractivity contribution in [3.05, 3.63) is 66.1 Å². The second kappa shape index (κ2) is 11.8. The number of thiophene rings is 1. The average molecular weight is 503 g/mol. The highest BCUT2D eigenvalue weighted by molar-refractivity contribution is 8.00. The number of aromatic nitrogens is 3. The maximum absolute atomic E-state index is 9.95. The van der Waals surface area contributed by atoms with E-state index in [1.807, 2.05) is 56.6 Å². The second-order valence-electron chi connectivity index (χ2n) is 7.71. The number of anilines is 2. The Hall–Kier alpha value is -3.45. The van der Waals surface area contributed by atoms with Crippen LogP contribution in [-0.2, 0) is 0 Å². The van der Waals surface area contributed by atoms with Crippen LogP contribution in [0, 0.1) is 18.3 Å². The first-order valence-electron chi connectivity index (χ1n) is 11.1. The SMILES string of the molecule is CNCCCOc1cccc(Nc2ncc(C)c(-c3sc(SC)c(C#N)c3-c3cccnc3)n2)c1. The van der Waals surface area contributed by atoms with Gasteiger partial charge in [0.25, 0.3) is 0 Å². The first kappa shape index (κ1) is 24.7. The van der Waals surface area contributed by atoms with Crippen LogP contribution in [-0.4, -0.2) is 41.4 Å². The molecule has 3 heterocycles. The van der Waals surface area contributed by atoms with Gasteiger partial charge in [-0.05, 0) is 57.0 Å². The lowest BCUT2D eigenvalue weighted by molar-refractivity contribution is 0.310. The summed E-state index contributed by atoms with van der Waals surface area (Å²) in [6.45, 7) is 3.54. The van der Waals surface area contributed by atoms with E-state index >= 15 is 0 Å². The van der Waals surface area contributed by atoms with E-state index in [2.05, 4.69) is 26.7 Å². The van der Waals surface area contributed by atoms with Crippen molar-refractivity contribution >= 4 is 34.7 Å². The number of thioether (sulfide) groups is 1. The fourth-order valence-electron chi connectivity index (χ4n) is 3.57. The highest BCUT2D eigenvalue weighted by atomic mass is 32.2. The topological polar surface area (TPSA) is 95.8 Å². The Morgan fingerprint density at radius 3 is 2.83 bits per heavy atom. The van der Waals surface area contributed by atoms with Crippen LogP contribution in [0.5, 0.6) is 5.75 Å². The monoisotopic (exact) mass is 502 g/mol. The highest BCUT2D eigenvalue weighted by Gasteiger charge is 2.23. The van der Waals surface area contributed by atoms with Crippen molar-refractivity contribution in [3.63, 3.8) is 0 Å². The Labute approximate surface area is 213 Å². The number of nitrogens with zero attached hydrogens (tertiary/aromatic N) is 4. The zero-order valence-electron chi connectivity index (χ0n) is 19.8. The lowest BCUT2D eigenvalue weighted by Crippen LogP contribution is -2.11. The van der Waals surface area contributed by atoms with Gasteiger partial charge in [-0.25, -0.2) is 9.97 Å². The normalized spacial score (nSPS) is 10.7. The summed E-state index contributed by atoms with van der Waals surface area (Å²) in [5.74, 6) is 1.27. The first-order chi connectivity index (χ1) is 17.1. The molecule has 0 amide bonds. The van der Waals surface area contributed by atoms with E-state index in [9.17, 15) is 5.26 Å². The summed E-state index contributed by atoms with van der Waals surface area (Å²) in [4.78, 5) is 14.6. The standard InChI is InChI=1S/C26H26N6OS2/c1-17-15-30-26(31-19-8-4-9-20(13-19)33-12-6-10-28-2)32-23(17)24-22(18-7-5-11-29-16-18)21(14-27)25(34-3)35-24/h4-5,7-9,11,13,15-16,28H,6,10,12H2,1-3H3,(H,30,31,32). The van der Waals surface area contributed by atoms with Gasteiger partial charge in [-0.1, -0.05) is 12.1 Å². The van der Waals surface area contributed by atoms with Gasteiger partial charge in [0, 0.05) is 41.5 Å². The summed E-state index contributed by atoms with van der Waals surface area (Å²) in [5.41, 5.74) is 4.97. The Morgan fingerprint density at radius 1 is 1.20 bits per heavy atom. The zero-order valence-corrected chi connectivity index (χ0v) is 21.5. The van der Waals surface area contributed by atoms with Crippen LogP contribution in [0.4, 0.5) is 11.6 Å². The molecule has 4 rings (SSSR count). The lowest BCUT2D eigenvalue weighted by atomic mass is 10.0. The Morgan fingerprint density at radius 2 is 2.09 bits per heavy atom. The summed E-state index contributed by atoms with van der Waals surface area (Å²) >= 11 is 3.14. The molecule has 4 aromatic rings. The van der Waals surface area contributed by atoms with E-state index in [-0.39, 0.29) is 0 Å². The molecule has 1 aromatic carbocycles. The number of pyridine rings is 1. The van der Waals surface area contributed by atoms with Gasteiger partial charge in [-0.3, -0.25) is 4.98 Å². The predicted octanol–water partition coefficient (Wildman–Crippen LogP) is 5.90. The second-order valence-corrected chi connectivity index (χ2v) is 9.81. The summed E-state index contributed by atoms with van der Waals surface area (Å²) < 4.78 is 6.80. The number of benzene rings is 1. The van der Waals surface area contributed by atoms with Crippen molar-refractivity contribution in [1.29, 1.82) is 5.26 Å². The zero-order chi connectivity index (χ0) is 24.6. The largest absolute Gasteiger partial charge is 0.493 e. The van der Waals surface area contributed by atoms with Gasteiger partial charge in [-0.2, -0.15) is 5.26 Å². The Bertz CT molecular complexity index is 1330. The molecule has 178 valence electrons. The van der Waals surface area contributed by atoms with Crippen molar-refractivity contribution in [2.75, 3.05) is 31.8 Å². The third kappa shape index (κ3) is 5.80. The van der Waals surface area contributed by atoms with Crippen LogP contribution in [0.15, 0.2) is 59.2 Å². The molecule has 0 saturated heterocycles. The van der Waals surface area contributed by atoms with E-state index in [1.54, 1.807) is 41.7 Å². The summed E-state index contributed by atoms with van der Waals surface area (Å²) in [5, 5.41) is 16.4. The molecule has 0 aliphatic carbocycles. The fraction of sp³-hybridized carbons (Fsp3) is 0.231. The number of nitrogens with one attached hydrogen (secondary N) is 2. The molecule has 0 spiro atoms. The van der Waals surface area contributed by atoms with Gasteiger partial charge in [0.05, 0.1) is 27.0 Å². The van der Waals surface area contributed by atoms with Crippen LogP contribution < -0.4 is 15.4 Å². The van der Waals surface area contributed by atoms with E-state index in [0.717, 1.165) is 55.9 Å². The van der Waals surface area contributed by atoms with Crippen LogP contribution in [0.25, 0.3) is 21.7 Å². The molecule has 3 aromatic heterocycles. The smallest absolute Gasteiger partial charge is 0.227 e. The minimum absolute atomic E-state index is 0.479. The van der Waals surface area contributed by atoms with E-state index in [0.29, 0.717) is 18.1 Å². The first-order valence-corrected chi connectivity index (χ1v) is 13.2. The minimum Gasteiger partial charge on any atom is -0.493 e. The fourth-order valence-corrected chi connectivity index (χ4v) is 5.57. The van der Waals surface area contributed by atoms with Crippen LogP contribution in [0.1, 0.15) is 17.5 Å². The molecule has 0 unspecified atom stereocenters. The van der Waals surface area contributed by atoms with Crippen LogP contribution in [0.2, 0.25) is 0 Å².